The fourth-order valence-electron chi connectivity index (χ4n) is 2.38. The first-order valence-electron chi connectivity index (χ1n) is 6.45. The van der Waals surface area contributed by atoms with Crippen molar-refractivity contribution in [3.63, 3.8) is 0 Å². The fraction of sp³-hybridized carbons (Fsp3) is 0.429. The number of aliphatic hydroxyl groups excluding tert-OH is 1. The van der Waals surface area contributed by atoms with E-state index in [1.807, 2.05) is 18.2 Å². The van der Waals surface area contributed by atoms with Gasteiger partial charge >= 0.3 is 0 Å². The Balaban J connectivity index is 1.73. The molecule has 100 valence electrons. The molecule has 0 aliphatic heterocycles. The second-order valence-corrected chi connectivity index (χ2v) is 4.77. The van der Waals surface area contributed by atoms with Crippen LogP contribution in [0, 0.1) is 6.92 Å². The van der Waals surface area contributed by atoms with E-state index in [2.05, 4.69) is 10.2 Å². The molecular weight excluding hydrogens is 244 g/mol. The average molecular weight is 260 g/mol. The van der Waals surface area contributed by atoms with E-state index in [4.69, 9.17) is 9.15 Å². The van der Waals surface area contributed by atoms with Crippen LogP contribution < -0.4 is 4.74 Å². The molecule has 5 nitrogen and oxygen atoms in total. The Kier molecular flexibility index (Phi) is 3.21. The van der Waals surface area contributed by atoms with Gasteiger partial charge in [0.25, 0.3) is 5.89 Å². The first kappa shape index (κ1) is 12.2. The zero-order valence-corrected chi connectivity index (χ0v) is 10.8. The van der Waals surface area contributed by atoms with Crippen molar-refractivity contribution >= 4 is 0 Å². The van der Waals surface area contributed by atoms with Crippen molar-refractivity contribution in [2.24, 2.45) is 0 Å². The minimum atomic E-state index is -0.377. The largest absolute Gasteiger partial charge is 0.484 e. The number of aryl methyl sites for hydroxylation is 2. The number of benzene rings is 1. The van der Waals surface area contributed by atoms with E-state index in [1.165, 1.54) is 5.56 Å². The summed E-state index contributed by atoms with van der Waals surface area (Å²) in [7, 11) is 0. The second kappa shape index (κ2) is 5.01. The lowest BCUT2D eigenvalue weighted by Crippen LogP contribution is -2.09. The van der Waals surface area contributed by atoms with Crippen molar-refractivity contribution < 1.29 is 14.3 Å². The quantitative estimate of drug-likeness (QED) is 0.917. The molecule has 0 spiro atoms. The highest BCUT2D eigenvalue weighted by Gasteiger charge is 2.18. The normalized spacial score (nSPS) is 18.1. The Morgan fingerprint density at radius 3 is 3.11 bits per heavy atom. The third kappa shape index (κ3) is 2.61. The third-order valence-electron chi connectivity index (χ3n) is 3.33. The highest BCUT2D eigenvalue weighted by Crippen LogP contribution is 2.32. The average Bonchev–Trinajstić information content (AvgIpc) is 2.83. The molecule has 19 heavy (non-hydrogen) atoms. The zero-order chi connectivity index (χ0) is 13.2. The summed E-state index contributed by atoms with van der Waals surface area (Å²) in [5, 5.41) is 17.6. The lowest BCUT2D eigenvalue weighted by molar-refractivity contribution is 0.155. The second-order valence-electron chi connectivity index (χ2n) is 4.77. The van der Waals surface area contributed by atoms with E-state index in [9.17, 15) is 5.11 Å². The van der Waals surface area contributed by atoms with Gasteiger partial charge in [0, 0.05) is 6.92 Å². The molecule has 1 aliphatic rings. The Bertz CT molecular complexity index is 580. The van der Waals surface area contributed by atoms with Crippen LogP contribution in [0.1, 0.15) is 41.9 Å². The minimum Gasteiger partial charge on any atom is -0.484 e. The number of hydrogen-bond acceptors (Lipinski definition) is 5. The molecule has 0 amide bonds. The molecule has 0 fully saturated rings. The summed E-state index contributed by atoms with van der Waals surface area (Å²) < 4.78 is 10.9. The summed E-state index contributed by atoms with van der Waals surface area (Å²) in [4.78, 5) is 0. The van der Waals surface area contributed by atoms with E-state index in [-0.39, 0.29) is 12.7 Å². The molecule has 1 aliphatic carbocycles. The van der Waals surface area contributed by atoms with Gasteiger partial charge in [-0.15, -0.1) is 10.2 Å². The molecule has 5 heteroatoms. The molecule has 0 saturated heterocycles. The highest BCUT2D eigenvalue weighted by molar-refractivity contribution is 5.38. The predicted molar refractivity (Wildman–Crippen MR) is 67.7 cm³/mol. The maximum atomic E-state index is 9.98. The Hall–Kier alpha value is -1.88. The molecule has 0 bridgehead atoms. The van der Waals surface area contributed by atoms with E-state index >= 15 is 0 Å². The van der Waals surface area contributed by atoms with Gasteiger partial charge in [0.05, 0.1) is 6.10 Å². The number of ether oxygens (including phenoxy) is 1. The van der Waals surface area contributed by atoms with Gasteiger partial charge in [0.15, 0.2) is 6.61 Å². The third-order valence-corrected chi connectivity index (χ3v) is 3.33. The number of aromatic nitrogens is 2. The molecule has 1 N–H and O–H groups in total. The first-order valence-corrected chi connectivity index (χ1v) is 6.45. The molecule has 3 rings (SSSR count). The number of fused-ring (bicyclic) bond motifs is 1. The topological polar surface area (TPSA) is 68.4 Å². The van der Waals surface area contributed by atoms with Gasteiger partial charge in [-0.3, -0.25) is 0 Å². The van der Waals surface area contributed by atoms with Crippen molar-refractivity contribution in [3.8, 4) is 5.75 Å². The molecule has 0 radical (unpaired) electrons. The Labute approximate surface area is 111 Å². The molecular formula is C14H16N2O3. The van der Waals surface area contributed by atoms with Crippen LogP contribution in [0.25, 0.3) is 0 Å². The van der Waals surface area contributed by atoms with E-state index in [0.717, 1.165) is 30.6 Å². The van der Waals surface area contributed by atoms with Gasteiger partial charge in [0.1, 0.15) is 5.75 Å². The van der Waals surface area contributed by atoms with E-state index in [1.54, 1.807) is 6.92 Å². The van der Waals surface area contributed by atoms with Crippen LogP contribution in [-0.2, 0) is 13.0 Å². The Morgan fingerprint density at radius 1 is 1.42 bits per heavy atom. The summed E-state index contributed by atoms with van der Waals surface area (Å²) in [6.07, 6.45) is 2.50. The lowest BCUT2D eigenvalue weighted by atomic mass is 9.89. The minimum absolute atomic E-state index is 0.246. The number of aliphatic hydroxyl groups is 1. The van der Waals surface area contributed by atoms with Crippen LogP contribution in [0.5, 0.6) is 5.75 Å². The van der Waals surface area contributed by atoms with Crippen LogP contribution in [0.4, 0.5) is 0 Å². The van der Waals surface area contributed by atoms with Gasteiger partial charge in [-0.1, -0.05) is 6.07 Å². The van der Waals surface area contributed by atoms with Gasteiger partial charge in [-0.05, 0) is 42.5 Å². The van der Waals surface area contributed by atoms with Gasteiger partial charge in [0.2, 0.25) is 5.89 Å². The monoisotopic (exact) mass is 260 g/mol. The number of rotatable bonds is 3. The van der Waals surface area contributed by atoms with Crippen LogP contribution in [0.15, 0.2) is 22.6 Å². The predicted octanol–water partition coefficient (Wildman–Crippen LogP) is 2.33. The smallest absolute Gasteiger partial charge is 0.253 e. The van der Waals surface area contributed by atoms with Crippen molar-refractivity contribution in [2.75, 3.05) is 0 Å². The van der Waals surface area contributed by atoms with E-state index in [0.29, 0.717) is 11.8 Å². The standard InChI is InChI=1S/C14H16N2O3/c1-9-15-16-14(19-9)8-18-11-6-5-10-3-2-4-13(17)12(10)7-11/h5-7,13,17H,2-4,8H2,1H3/t13-/m1/s1. The van der Waals surface area contributed by atoms with Gasteiger partial charge in [-0.2, -0.15) is 0 Å². The fourth-order valence-corrected chi connectivity index (χ4v) is 2.38. The van der Waals surface area contributed by atoms with Crippen LogP contribution in [-0.4, -0.2) is 15.3 Å². The van der Waals surface area contributed by atoms with Crippen LogP contribution >= 0.6 is 0 Å². The zero-order valence-electron chi connectivity index (χ0n) is 10.8. The summed E-state index contributed by atoms with van der Waals surface area (Å²) in [6.45, 7) is 1.99. The highest BCUT2D eigenvalue weighted by atomic mass is 16.5. The van der Waals surface area contributed by atoms with Crippen molar-refractivity contribution in [2.45, 2.75) is 38.9 Å². The molecule has 1 atom stereocenters. The molecule has 2 aromatic rings. The summed E-state index contributed by atoms with van der Waals surface area (Å²) in [5.74, 6) is 1.70. The van der Waals surface area contributed by atoms with Crippen LogP contribution in [0.2, 0.25) is 0 Å². The Morgan fingerprint density at radius 2 is 2.32 bits per heavy atom. The van der Waals surface area contributed by atoms with Crippen molar-refractivity contribution in [1.82, 2.24) is 10.2 Å². The molecule has 0 unspecified atom stereocenters. The SMILES string of the molecule is Cc1nnc(COc2ccc3c(c2)[C@H](O)CCC3)o1. The summed E-state index contributed by atoms with van der Waals surface area (Å²) in [6, 6.07) is 5.84. The van der Waals surface area contributed by atoms with E-state index < -0.39 is 0 Å². The van der Waals surface area contributed by atoms with Crippen molar-refractivity contribution in [1.29, 1.82) is 0 Å². The molecule has 1 aromatic carbocycles. The number of nitrogens with zero attached hydrogens (tertiary/aromatic N) is 2. The molecule has 1 aromatic heterocycles. The summed E-state index contributed by atoms with van der Waals surface area (Å²) >= 11 is 0. The lowest BCUT2D eigenvalue weighted by Gasteiger charge is -2.21. The molecule has 0 saturated carbocycles. The van der Waals surface area contributed by atoms with Crippen LogP contribution in [0.3, 0.4) is 0 Å². The number of hydrogen-bond donors (Lipinski definition) is 1. The van der Waals surface area contributed by atoms with Gasteiger partial charge < -0.3 is 14.3 Å². The van der Waals surface area contributed by atoms with Gasteiger partial charge in [-0.25, -0.2) is 0 Å². The summed E-state index contributed by atoms with van der Waals surface area (Å²) in [5.41, 5.74) is 2.19. The maximum absolute atomic E-state index is 9.98. The first-order chi connectivity index (χ1) is 9.22. The molecule has 1 heterocycles. The maximum Gasteiger partial charge on any atom is 0.253 e. The van der Waals surface area contributed by atoms with Crippen molar-refractivity contribution in [3.05, 3.63) is 41.1 Å².